The Morgan fingerprint density at radius 1 is 1.23 bits per heavy atom. The number of aliphatic hydroxyl groups is 1. The van der Waals surface area contributed by atoms with Crippen LogP contribution in [0.15, 0.2) is 11.8 Å². The van der Waals surface area contributed by atoms with Gasteiger partial charge in [-0.15, -0.1) is 0 Å². The summed E-state index contributed by atoms with van der Waals surface area (Å²) in [7, 11) is 0. The van der Waals surface area contributed by atoms with Gasteiger partial charge in [0.2, 0.25) is 0 Å². The van der Waals surface area contributed by atoms with Crippen LogP contribution in [0.5, 0.6) is 0 Å². The molecule has 0 aromatic heterocycles. The molecule has 0 spiro atoms. The molecule has 0 rings (SSSR count). The number of carbonyl (C=O) groups is 1. The number of aliphatic hydroxyl groups excluding tert-OH is 1. The lowest BCUT2D eigenvalue weighted by Crippen LogP contribution is -1.89. The van der Waals surface area contributed by atoms with Crippen molar-refractivity contribution < 1.29 is 9.90 Å². The number of hydrogen-bond donors (Lipinski definition) is 1. The molecule has 13 heavy (non-hydrogen) atoms. The highest BCUT2D eigenvalue weighted by Gasteiger charge is 1.95. The Bertz CT molecular complexity index is 171. The molecule has 0 saturated heterocycles. The van der Waals surface area contributed by atoms with E-state index in [0.717, 1.165) is 12.8 Å². The summed E-state index contributed by atoms with van der Waals surface area (Å²) in [5.41, 5.74) is 0. The van der Waals surface area contributed by atoms with Crippen LogP contribution in [-0.2, 0) is 4.79 Å². The van der Waals surface area contributed by atoms with E-state index in [2.05, 4.69) is 6.92 Å². The first kappa shape index (κ1) is 12.2. The highest BCUT2D eigenvalue weighted by atomic mass is 16.3. The molecule has 0 atom stereocenters. The summed E-state index contributed by atoms with van der Waals surface area (Å²) in [6, 6.07) is 0. The van der Waals surface area contributed by atoms with Crippen LogP contribution < -0.4 is 0 Å². The van der Waals surface area contributed by atoms with Crippen LogP contribution in [0.2, 0.25) is 0 Å². The van der Waals surface area contributed by atoms with Crippen molar-refractivity contribution in [2.24, 2.45) is 0 Å². The molecule has 2 heteroatoms. The quantitative estimate of drug-likeness (QED) is 0.374. The second kappa shape index (κ2) is 7.84. The van der Waals surface area contributed by atoms with Gasteiger partial charge in [-0.3, -0.25) is 4.79 Å². The van der Waals surface area contributed by atoms with Crippen LogP contribution in [0.3, 0.4) is 0 Å². The molecule has 1 N–H and O–H groups in total. The molecular weight excluding hydrogens is 164 g/mol. The maximum atomic E-state index is 10.6. The predicted octanol–water partition coefficient (Wildman–Crippen LogP) is 3.38. The average molecular weight is 184 g/mol. The Kier molecular flexibility index (Phi) is 7.36. The second-order valence-corrected chi connectivity index (χ2v) is 3.41. The van der Waals surface area contributed by atoms with Gasteiger partial charge in [-0.05, 0) is 13.3 Å². The van der Waals surface area contributed by atoms with Crippen LogP contribution in [-0.4, -0.2) is 10.9 Å². The van der Waals surface area contributed by atoms with Crippen molar-refractivity contribution >= 4 is 5.78 Å². The van der Waals surface area contributed by atoms with Crippen LogP contribution in [0, 0.1) is 0 Å². The molecule has 0 fully saturated rings. The van der Waals surface area contributed by atoms with Crippen molar-refractivity contribution in [2.75, 3.05) is 0 Å². The van der Waals surface area contributed by atoms with Crippen molar-refractivity contribution in [3.8, 4) is 0 Å². The number of carbonyl (C=O) groups excluding carboxylic acids is 1. The van der Waals surface area contributed by atoms with E-state index in [1.165, 1.54) is 32.3 Å². The molecule has 0 unspecified atom stereocenters. The first-order valence-corrected chi connectivity index (χ1v) is 5.07. The Labute approximate surface area is 80.7 Å². The number of allylic oxidation sites excluding steroid dienone is 2. The van der Waals surface area contributed by atoms with Gasteiger partial charge in [-0.2, -0.15) is 0 Å². The van der Waals surface area contributed by atoms with Gasteiger partial charge in [0.05, 0.1) is 5.76 Å². The monoisotopic (exact) mass is 184 g/mol. The minimum Gasteiger partial charge on any atom is -0.512 e. The van der Waals surface area contributed by atoms with E-state index in [-0.39, 0.29) is 11.5 Å². The van der Waals surface area contributed by atoms with Crippen molar-refractivity contribution in [3.63, 3.8) is 0 Å². The summed E-state index contributed by atoms with van der Waals surface area (Å²) in [6.45, 7) is 3.63. The molecule has 76 valence electrons. The molecule has 0 bridgehead atoms. The first-order chi connectivity index (χ1) is 6.16. The fourth-order valence-electron chi connectivity index (χ4n) is 1.22. The van der Waals surface area contributed by atoms with Crippen molar-refractivity contribution in [1.82, 2.24) is 0 Å². The lowest BCUT2D eigenvalue weighted by molar-refractivity contribution is -0.112. The van der Waals surface area contributed by atoms with E-state index in [1.54, 1.807) is 0 Å². The van der Waals surface area contributed by atoms with E-state index in [0.29, 0.717) is 6.42 Å². The number of rotatable bonds is 7. The molecule has 0 radical (unpaired) electrons. The number of unbranched alkanes of at least 4 members (excludes halogenated alkanes) is 4. The van der Waals surface area contributed by atoms with Gasteiger partial charge >= 0.3 is 0 Å². The lowest BCUT2D eigenvalue weighted by atomic mass is 10.1. The molecule has 0 aromatic rings. The van der Waals surface area contributed by atoms with Crippen molar-refractivity contribution in [3.05, 3.63) is 11.8 Å². The minimum absolute atomic E-state index is 0.0777. The highest BCUT2D eigenvalue weighted by molar-refractivity contribution is 5.87. The van der Waals surface area contributed by atoms with E-state index in [9.17, 15) is 9.90 Å². The fourth-order valence-corrected chi connectivity index (χ4v) is 1.22. The van der Waals surface area contributed by atoms with Crippen LogP contribution in [0.4, 0.5) is 0 Å². The smallest absolute Gasteiger partial charge is 0.155 e. The summed E-state index contributed by atoms with van der Waals surface area (Å²) in [5, 5.41) is 9.22. The van der Waals surface area contributed by atoms with Gasteiger partial charge in [0, 0.05) is 12.5 Å². The fraction of sp³-hybridized carbons (Fsp3) is 0.727. The Morgan fingerprint density at radius 2 is 1.85 bits per heavy atom. The van der Waals surface area contributed by atoms with Crippen LogP contribution in [0.1, 0.15) is 52.4 Å². The summed E-state index contributed by atoms with van der Waals surface area (Å²) >= 11 is 0. The summed E-state index contributed by atoms with van der Waals surface area (Å²) in [6.07, 6.45) is 7.79. The molecular formula is C11H20O2. The van der Waals surface area contributed by atoms with Crippen LogP contribution in [0.25, 0.3) is 0 Å². The highest BCUT2D eigenvalue weighted by Crippen LogP contribution is 2.08. The van der Waals surface area contributed by atoms with Crippen molar-refractivity contribution in [2.45, 2.75) is 52.4 Å². The molecule has 0 aromatic carbocycles. The predicted molar refractivity (Wildman–Crippen MR) is 54.8 cm³/mol. The van der Waals surface area contributed by atoms with Gasteiger partial charge in [0.25, 0.3) is 0 Å². The molecule has 0 aliphatic heterocycles. The summed E-state index contributed by atoms with van der Waals surface area (Å²) in [5.74, 6) is 0.148. The van der Waals surface area contributed by atoms with Gasteiger partial charge in [0.15, 0.2) is 5.78 Å². The Hall–Kier alpha value is -0.790. The Morgan fingerprint density at radius 3 is 2.38 bits per heavy atom. The zero-order chi connectivity index (χ0) is 10.1. The number of ketones is 1. The maximum Gasteiger partial charge on any atom is 0.155 e. The van der Waals surface area contributed by atoms with Gasteiger partial charge in [0.1, 0.15) is 0 Å². The van der Waals surface area contributed by atoms with Gasteiger partial charge < -0.3 is 5.11 Å². The maximum absolute atomic E-state index is 10.6. The minimum atomic E-state index is -0.0777. The SMILES string of the molecule is CCCCCCC/C(O)=C/C(C)=O. The topological polar surface area (TPSA) is 37.3 Å². The molecule has 0 heterocycles. The van der Waals surface area contributed by atoms with Crippen molar-refractivity contribution in [1.29, 1.82) is 0 Å². The van der Waals surface area contributed by atoms with E-state index >= 15 is 0 Å². The molecule has 0 aliphatic rings. The zero-order valence-electron chi connectivity index (χ0n) is 8.68. The van der Waals surface area contributed by atoms with Crippen LogP contribution >= 0.6 is 0 Å². The standard InChI is InChI=1S/C11H20O2/c1-3-4-5-6-7-8-11(13)9-10(2)12/h9,13H,3-8H2,1-2H3/b11-9-. The van der Waals surface area contributed by atoms with E-state index < -0.39 is 0 Å². The first-order valence-electron chi connectivity index (χ1n) is 5.07. The number of hydrogen-bond acceptors (Lipinski definition) is 2. The normalized spacial score (nSPS) is 11.7. The largest absolute Gasteiger partial charge is 0.512 e. The van der Waals surface area contributed by atoms with E-state index in [1.807, 2.05) is 0 Å². The van der Waals surface area contributed by atoms with Gasteiger partial charge in [-0.25, -0.2) is 0 Å². The molecule has 0 saturated carbocycles. The third-order valence-corrected chi connectivity index (χ3v) is 1.91. The Balaban J connectivity index is 3.37. The summed E-state index contributed by atoms with van der Waals surface area (Å²) in [4.78, 5) is 10.6. The third kappa shape index (κ3) is 9.12. The zero-order valence-corrected chi connectivity index (χ0v) is 8.68. The van der Waals surface area contributed by atoms with E-state index in [4.69, 9.17) is 0 Å². The molecule has 0 amide bonds. The third-order valence-electron chi connectivity index (χ3n) is 1.91. The molecule has 0 aliphatic carbocycles. The molecule has 2 nitrogen and oxygen atoms in total. The van der Waals surface area contributed by atoms with Gasteiger partial charge in [-0.1, -0.05) is 32.6 Å². The summed E-state index contributed by atoms with van der Waals surface area (Å²) < 4.78 is 0. The average Bonchev–Trinajstić information content (AvgIpc) is 2.02. The second-order valence-electron chi connectivity index (χ2n) is 3.41. The lowest BCUT2D eigenvalue weighted by Gasteiger charge is -1.99.